The van der Waals surface area contributed by atoms with Crippen molar-refractivity contribution in [2.75, 3.05) is 20.6 Å². The number of amides is 1. The first kappa shape index (κ1) is 21.8. The van der Waals surface area contributed by atoms with Gasteiger partial charge in [0.25, 0.3) is 0 Å². The number of nitrogens with zero attached hydrogens (tertiary/aromatic N) is 1. The van der Waals surface area contributed by atoms with Gasteiger partial charge in [-0.3, -0.25) is 4.79 Å². The second-order valence-corrected chi connectivity index (χ2v) is 4.82. The van der Waals surface area contributed by atoms with Crippen molar-refractivity contribution in [2.45, 2.75) is 26.3 Å². The number of likely N-dealkylation sites (N-methyl/N-ethyl adjacent to an activating group) is 1. The predicted molar refractivity (Wildman–Crippen MR) is 103 cm³/mol. The Morgan fingerprint density at radius 3 is 1.88 bits per heavy atom. The van der Waals surface area contributed by atoms with Crippen LogP contribution in [0.15, 0.2) is 60.7 Å². The van der Waals surface area contributed by atoms with Gasteiger partial charge in [0.1, 0.15) is 0 Å². The fraction of sp³-hybridized carbons (Fsp3) is 0.350. The molecule has 4 nitrogen and oxygen atoms in total. The fourth-order valence-electron chi connectivity index (χ4n) is 2.31. The zero-order valence-corrected chi connectivity index (χ0v) is 15.3. The zero-order chi connectivity index (χ0) is 18.4. The van der Waals surface area contributed by atoms with Crippen LogP contribution in [0.5, 0.6) is 0 Å². The predicted octanol–water partition coefficient (Wildman–Crippen LogP) is 2.99. The first-order valence-corrected chi connectivity index (χ1v) is 8.34. The van der Waals surface area contributed by atoms with E-state index in [2.05, 4.69) is 17.9 Å². The number of rotatable bonds is 5. The van der Waals surface area contributed by atoms with Crippen molar-refractivity contribution < 1.29 is 4.79 Å². The maximum atomic E-state index is 11.9. The molecule has 2 aromatic rings. The van der Waals surface area contributed by atoms with E-state index in [1.165, 1.54) is 12.6 Å². The molecule has 4 heteroatoms. The van der Waals surface area contributed by atoms with Gasteiger partial charge in [-0.1, -0.05) is 74.5 Å². The summed E-state index contributed by atoms with van der Waals surface area (Å²) in [6.07, 6.45) is 0.785. The lowest BCUT2D eigenvalue weighted by atomic mass is 9.97. The fourth-order valence-corrected chi connectivity index (χ4v) is 2.31. The van der Waals surface area contributed by atoms with E-state index in [4.69, 9.17) is 5.73 Å². The minimum atomic E-state index is -0.0465. The van der Waals surface area contributed by atoms with E-state index in [1.807, 2.05) is 69.4 Å². The van der Waals surface area contributed by atoms with Gasteiger partial charge in [-0.15, -0.1) is 0 Å². The number of nitrogens with two attached hydrogens (primary N) is 2. The van der Waals surface area contributed by atoms with Crippen molar-refractivity contribution in [3.8, 4) is 0 Å². The average Bonchev–Trinajstić information content (AvgIpc) is 2.69. The second-order valence-electron chi connectivity index (χ2n) is 4.82. The monoisotopic (exact) mass is 329 g/mol. The van der Waals surface area contributed by atoms with Crippen molar-refractivity contribution in [2.24, 2.45) is 11.5 Å². The lowest BCUT2D eigenvalue weighted by Crippen LogP contribution is -2.36. The molecule has 24 heavy (non-hydrogen) atoms. The lowest BCUT2D eigenvalue weighted by molar-refractivity contribution is -0.130. The molecule has 132 valence electrons. The van der Waals surface area contributed by atoms with Gasteiger partial charge in [-0.05, 0) is 24.6 Å². The molecule has 1 atom stereocenters. The van der Waals surface area contributed by atoms with Gasteiger partial charge in [-0.25, -0.2) is 0 Å². The van der Waals surface area contributed by atoms with Crippen molar-refractivity contribution in [1.82, 2.24) is 4.90 Å². The molecule has 0 heterocycles. The second kappa shape index (κ2) is 13.3. The molecule has 0 aliphatic heterocycles. The minimum Gasteiger partial charge on any atom is -0.337 e. The van der Waals surface area contributed by atoms with Gasteiger partial charge in [0.05, 0.1) is 12.6 Å². The summed E-state index contributed by atoms with van der Waals surface area (Å²) in [4.78, 5) is 13.7. The molecule has 0 radical (unpaired) electrons. The highest BCUT2D eigenvalue weighted by molar-refractivity contribution is 5.78. The summed E-state index contributed by atoms with van der Waals surface area (Å²) in [7, 11) is 3.32. The van der Waals surface area contributed by atoms with E-state index < -0.39 is 0 Å². The smallest absolute Gasteiger partial charge is 0.236 e. The van der Waals surface area contributed by atoms with E-state index in [0.29, 0.717) is 0 Å². The Morgan fingerprint density at radius 2 is 1.42 bits per heavy atom. The Labute approximate surface area is 146 Å². The van der Waals surface area contributed by atoms with Gasteiger partial charge < -0.3 is 16.4 Å². The molecule has 0 fully saturated rings. The van der Waals surface area contributed by atoms with E-state index in [-0.39, 0.29) is 18.5 Å². The minimum absolute atomic E-state index is 0.00894. The van der Waals surface area contributed by atoms with E-state index in [9.17, 15) is 4.79 Å². The Morgan fingerprint density at radius 1 is 0.958 bits per heavy atom. The third kappa shape index (κ3) is 6.94. The van der Waals surface area contributed by atoms with Crippen molar-refractivity contribution >= 4 is 5.91 Å². The van der Waals surface area contributed by atoms with Crippen LogP contribution in [-0.2, 0) is 11.2 Å². The Kier molecular flexibility index (Phi) is 12.1. The number of hydrogen-bond donors (Lipinski definition) is 2. The Balaban J connectivity index is 0.00000123. The molecule has 2 aromatic carbocycles. The molecule has 0 bridgehead atoms. The van der Waals surface area contributed by atoms with Crippen LogP contribution in [0, 0.1) is 0 Å². The van der Waals surface area contributed by atoms with Crippen LogP contribution >= 0.6 is 0 Å². The van der Waals surface area contributed by atoms with Gasteiger partial charge in [0.2, 0.25) is 5.91 Å². The zero-order valence-electron chi connectivity index (χ0n) is 15.3. The maximum Gasteiger partial charge on any atom is 0.236 e. The van der Waals surface area contributed by atoms with E-state index in [1.54, 1.807) is 4.90 Å². The molecule has 2 rings (SSSR count). The number of carbonyl (C=O) groups excluding carboxylic acids is 1. The van der Waals surface area contributed by atoms with Crippen LogP contribution in [0.1, 0.15) is 31.0 Å². The first-order valence-electron chi connectivity index (χ1n) is 8.34. The normalized spacial score (nSPS) is 10.4. The van der Waals surface area contributed by atoms with E-state index in [0.717, 1.165) is 12.0 Å². The average molecular weight is 329 g/mol. The Hall–Kier alpha value is -2.17. The first-order chi connectivity index (χ1) is 11.7. The summed E-state index contributed by atoms with van der Waals surface area (Å²) in [6, 6.07) is 20.3. The SMILES string of the molecule is CC.CN.CN(C(=O)CN)C(Cc1ccccc1)c1ccccc1. The summed E-state index contributed by atoms with van der Waals surface area (Å²) in [5, 5.41) is 0. The number of benzene rings is 2. The molecule has 0 saturated heterocycles. The van der Waals surface area contributed by atoms with Gasteiger partial charge in [0, 0.05) is 7.05 Å². The molecule has 0 spiro atoms. The van der Waals surface area contributed by atoms with E-state index >= 15 is 0 Å². The molecule has 4 N–H and O–H groups in total. The summed E-state index contributed by atoms with van der Waals surface area (Å²) in [5.74, 6) is -0.0465. The highest BCUT2D eigenvalue weighted by Gasteiger charge is 2.20. The van der Waals surface area contributed by atoms with Gasteiger partial charge in [0.15, 0.2) is 0 Å². The molecule has 0 aliphatic carbocycles. The standard InChI is InChI=1S/C17H20N2O.C2H6.CH5N/c1-19(17(20)13-18)16(15-10-6-3-7-11-15)12-14-8-4-2-5-9-14;2*1-2/h2-11,16H,12-13,18H2,1H3;1-2H3;2H2,1H3. The summed E-state index contributed by atoms with van der Waals surface area (Å²) >= 11 is 0. The molecule has 0 aromatic heterocycles. The van der Waals surface area contributed by atoms with Crippen LogP contribution in [0.2, 0.25) is 0 Å². The van der Waals surface area contributed by atoms with Crippen LogP contribution < -0.4 is 11.5 Å². The van der Waals surface area contributed by atoms with Crippen LogP contribution in [0.3, 0.4) is 0 Å². The molecule has 0 saturated carbocycles. The summed E-state index contributed by atoms with van der Waals surface area (Å²) in [5.41, 5.74) is 12.3. The molecule has 1 unspecified atom stereocenters. The van der Waals surface area contributed by atoms with Crippen molar-refractivity contribution in [3.63, 3.8) is 0 Å². The lowest BCUT2D eigenvalue weighted by Gasteiger charge is -2.28. The number of carbonyl (C=O) groups is 1. The molecule has 0 aliphatic rings. The summed E-state index contributed by atoms with van der Waals surface area (Å²) in [6.45, 7) is 4.04. The van der Waals surface area contributed by atoms with Crippen LogP contribution in [0.4, 0.5) is 0 Å². The Bertz CT molecular complexity index is 543. The van der Waals surface area contributed by atoms with Crippen LogP contribution in [-0.4, -0.2) is 31.4 Å². The highest BCUT2D eigenvalue weighted by Crippen LogP contribution is 2.23. The largest absolute Gasteiger partial charge is 0.337 e. The van der Waals surface area contributed by atoms with Gasteiger partial charge >= 0.3 is 0 Å². The maximum absolute atomic E-state index is 11.9. The molecular weight excluding hydrogens is 298 g/mol. The molecular formula is C20H31N3O. The third-order valence-electron chi connectivity index (χ3n) is 3.49. The highest BCUT2D eigenvalue weighted by atomic mass is 16.2. The molecule has 1 amide bonds. The van der Waals surface area contributed by atoms with Crippen molar-refractivity contribution in [1.29, 1.82) is 0 Å². The van der Waals surface area contributed by atoms with Gasteiger partial charge in [-0.2, -0.15) is 0 Å². The summed E-state index contributed by atoms with van der Waals surface area (Å²) < 4.78 is 0. The topological polar surface area (TPSA) is 72.3 Å². The quantitative estimate of drug-likeness (QED) is 0.886. The van der Waals surface area contributed by atoms with Crippen molar-refractivity contribution in [3.05, 3.63) is 71.8 Å². The van der Waals surface area contributed by atoms with Crippen LogP contribution in [0.25, 0.3) is 0 Å². The third-order valence-corrected chi connectivity index (χ3v) is 3.49. The number of hydrogen-bond acceptors (Lipinski definition) is 3.